The number of nitrogens with zero attached hydrogens (tertiary/aromatic N) is 1. The number of halogens is 2. The highest BCUT2D eigenvalue weighted by Gasteiger charge is 2.54. The predicted octanol–water partition coefficient (Wildman–Crippen LogP) is 6.70. The predicted molar refractivity (Wildman–Crippen MR) is 173 cm³/mol. The van der Waals surface area contributed by atoms with Crippen LogP contribution in [0.1, 0.15) is 17.5 Å². The first kappa shape index (κ1) is 30.3. The van der Waals surface area contributed by atoms with Crippen molar-refractivity contribution in [3.63, 3.8) is 0 Å². The number of nitrogens with one attached hydrogen (secondary N) is 1. The van der Waals surface area contributed by atoms with Crippen molar-refractivity contribution in [1.82, 2.24) is 9.88 Å². The number of thioether (sulfide) groups is 1. The lowest BCUT2D eigenvalue weighted by atomic mass is 9.89. The number of rotatable bonds is 11. The summed E-state index contributed by atoms with van der Waals surface area (Å²) >= 11 is 11.5. The summed E-state index contributed by atoms with van der Waals surface area (Å²) in [5.41, 5.74) is 3.28. The highest BCUT2D eigenvalue weighted by Crippen LogP contribution is 2.46. The molecule has 1 amide bonds. The third kappa shape index (κ3) is 6.11. The summed E-state index contributed by atoms with van der Waals surface area (Å²) in [4.78, 5) is 44.6. The third-order valence-electron chi connectivity index (χ3n) is 7.67. The van der Waals surface area contributed by atoms with Crippen molar-refractivity contribution in [1.29, 1.82) is 0 Å². The minimum atomic E-state index is -0.619. The number of hydrogen-bond acceptors (Lipinski definition) is 7. The molecule has 0 spiro atoms. The zero-order valence-corrected chi connectivity index (χ0v) is 26.8. The number of fused-ring (bicyclic) bond motifs is 2. The van der Waals surface area contributed by atoms with Gasteiger partial charge >= 0.3 is 5.97 Å². The molecule has 2 aliphatic rings. The van der Waals surface area contributed by atoms with E-state index in [1.54, 1.807) is 25.4 Å². The number of ether oxygens (including phenoxy) is 3. The molecule has 2 unspecified atom stereocenters. The molecule has 3 heterocycles. The minimum absolute atomic E-state index is 0.0149. The molecule has 1 aromatic heterocycles. The molecule has 2 atom stereocenters. The monoisotopic (exact) mass is 694 g/mol. The highest BCUT2D eigenvalue weighted by atomic mass is 79.9. The maximum Gasteiger partial charge on any atom is 0.355 e. The summed E-state index contributed by atoms with van der Waals surface area (Å²) in [6.07, 6.45) is 2.09. The quantitative estimate of drug-likeness (QED) is 0.138. The van der Waals surface area contributed by atoms with Crippen LogP contribution in [0, 0.1) is 5.92 Å². The van der Waals surface area contributed by atoms with Gasteiger partial charge in [-0.2, -0.15) is 0 Å². The van der Waals surface area contributed by atoms with E-state index < -0.39 is 11.9 Å². The van der Waals surface area contributed by atoms with Crippen LogP contribution in [0.4, 0.5) is 0 Å². The first-order chi connectivity index (χ1) is 21.3. The van der Waals surface area contributed by atoms with Gasteiger partial charge in [-0.15, -0.1) is 11.8 Å². The van der Waals surface area contributed by atoms with Gasteiger partial charge in [0.2, 0.25) is 5.91 Å². The van der Waals surface area contributed by atoms with E-state index in [-0.39, 0.29) is 48.8 Å². The fraction of sp³-hybridized carbons (Fsp3) is 0.242. The van der Waals surface area contributed by atoms with Crippen molar-refractivity contribution in [3.8, 4) is 11.5 Å². The number of aromatic nitrogens is 1. The number of esters is 1. The Bertz CT molecular complexity index is 1760. The molecule has 226 valence electrons. The lowest BCUT2D eigenvalue weighted by Gasteiger charge is -2.49. The second kappa shape index (κ2) is 13.1. The average Bonchev–Trinajstić information content (AvgIpc) is 3.47. The molecule has 1 fully saturated rings. The van der Waals surface area contributed by atoms with Crippen molar-refractivity contribution in [3.05, 3.63) is 105 Å². The topological polar surface area (TPSA) is 97.9 Å². The van der Waals surface area contributed by atoms with Crippen LogP contribution in [0.15, 0.2) is 88.7 Å². The van der Waals surface area contributed by atoms with E-state index in [1.807, 2.05) is 54.6 Å². The number of Topliss-reactive ketones (excluding diaryl/α,β-unsaturated/α-hetero) is 1. The second-order valence-corrected chi connectivity index (χ2v) is 12.9. The van der Waals surface area contributed by atoms with Crippen molar-refractivity contribution in [2.45, 2.75) is 24.8 Å². The Morgan fingerprint density at radius 2 is 1.82 bits per heavy atom. The van der Waals surface area contributed by atoms with Gasteiger partial charge < -0.3 is 19.2 Å². The summed E-state index contributed by atoms with van der Waals surface area (Å²) in [7, 11) is 1.58. The van der Waals surface area contributed by atoms with Crippen LogP contribution in [0.2, 0.25) is 5.02 Å². The van der Waals surface area contributed by atoms with Gasteiger partial charge in [0.05, 0.1) is 34.3 Å². The van der Waals surface area contributed by atoms with Gasteiger partial charge in [-0.05, 0) is 51.3 Å². The van der Waals surface area contributed by atoms with E-state index in [4.69, 9.17) is 25.8 Å². The first-order valence-electron chi connectivity index (χ1n) is 13.9. The fourth-order valence-electron chi connectivity index (χ4n) is 5.40. The first-order valence-corrected chi connectivity index (χ1v) is 16.2. The van der Waals surface area contributed by atoms with Gasteiger partial charge in [0, 0.05) is 34.8 Å². The van der Waals surface area contributed by atoms with Crippen molar-refractivity contribution in [2.24, 2.45) is 5.92 Å². The number of carbonyl (C=O) groups is 3. The lowest BCUT2D eigenvalue weighted by molar-refractivity contribution is -0.156. The van der Waals surface area contributed by atoms with Gasteiger partial charge in [0.1, 0.15) is 36.2 Å². The molecular weight excluding hydrogens is 668 g/mol. The number of amides is 1. The number of aromatic amines is 1. The van der Waals surface area contributed by atoms with Crippen molar-refractivity contribution >= 4 is 67.9 Å². The molecule has 0 bridgehead atoms. The smallest absolute Gasteiger partial charge is 0.355 e. The standard InChI is InChI=1S/C33H28BrClN2O6S/c1-41-23-9-7-20(8-10-23)16-43-33(40)30-21(17-42-27-15-36-26-12-11-25(34)29(35)28(26)27)18-44-32-24(31(39)37(30)32)14-22(38)13-19-5-3-2-4-6-19/h2-12,15,24,32,36H,13-14,16-18H2,1H3. The number of ketones is 1. The molecule has 6 rings (SSSR count). The number of carbonyl (C=O) groups excluding carboxylic acids is 3. The number of benzene rings is 3. The Kier molecular flexibility index (Phi) is 9.02. The number of methoxy groups -OCH3 is 1. The third-order valence-corrected chi connectivity index (χ3v) is 10.4. The van der Waals surface area contributed by atoms with Crippen molar-refractivity contribution < 1.29 is 28.6 Å². The van der Waals surface area contributed by atoms with Crippen LogP contribution in [-0.2, 0) is 32.1 Å². The van der Waals surface area contributed by atoms with E-state index in [0.717, 1.165) is 21.1 Å². The number of β-lactam (4-membered cyclic amide) rings is 1. The van der Waals surface area contributed by atoms with Crippen LogP contribution in [-0.4, -0.2) is 52.4 Å². The van der Waals surface area contributed by atoms with E-state index in [0.29, 0.717) is 33.2 Å². The maximum absolute atomic E-state index is 13.6. The summed E-state index contributed by atoms with van der Waals surface area (Å²) < 4.78 is 17.8. The van der Waals surface area contributed by atoms with Crippen LogP contribution in [0.5, 0.6) is 11.5 Å². The lowest BCUT2D eigenvalue weighted by Crippen LogP contribution is -2.62. The van der Waals surface area contributed by atoms with Crippen LogP contribution in [0.25, 0.3) is 10.9 Å². The average molecular weight is 696 g/mol. The summed E-state index contributed by atoms with van der Waals surface area (Å²) in [6.45, 7) is 0.0647. The van der Waals surface area contributed by atoms with Crippen LogP contribution < -0.4 is 9.47 Å². The molecule has 11 heteroatoms. The molecule has 4 aromatic rings. The van der Waals surface area contributed by atoms with Crippen LogP contribution in [0.3, 0.4) is 0 Å². The fourth-order valence-corrected chi connectivity index (χ4v) is 7.39. The molecule has 3 aromatic carbocycles. The largest absolute Gasteiger partial charge is 0.497 e. The van der Waals surface area contributed by atoms with Gasteiger partial charge in [-0.25, -0.2) is 4.79 Å². The zero-order chi connectivity index (χ0) is 30.8. The van der Waals surface area contributed by atoms with Gasteiger partial charge in [0.25, 0.3) is 0 Å². The van der Waals surface area contributed by atoms with Gasteiger partial charge in [-0.1, -0.05) is 54.1 Å². The molecule has 0 radical (unpaired) electrons. The molecule has 2 aliphatic heterocycles. The Labute approximate surface area is 271 Å². The minimum Gasteiger partial charge on any atom is -0.497 e. The maximum atomic E-state index is 13.6. The van der Waals surface area contributed by atoms with E-state index >= 15 is 0 Å². The van der Waals surface area contributed by atoms with Crippen molar-refractivity contribution in [2.75, 3.05) is 19.5 Å². The Balaban J connectivity index is 1.22. The van der Waals surface area contributed by atoms with E-state index in [9.17, 15) is 14.4 Å². The van der Waals surface area contributed by atoms with Gasteiger partial charge in [0.15, 0.2) is 0 Å². The Hall–Kier alpha value is -3.73. The van der Waals surface area contributed by atoms with E-state index in [2.05, 4.69) is 20.9 Å². The molecule has 0 saturated carbocycles. The zero-order valence-electron chi connectivity index (χ0n) is 23.7. The summed E-state index contributed by atoms with van der Waals surface area (Å²) in [6, 6.07) is 20.4. The SMILES string of the molecule is COc1ccc(COC(=O)C2=C(COc3c[nH]c4ccc(Br)c(Cl)c34)CSC3C(CC(=O)Cc4ccccc4)C(=O)N23)cc1. The molecular formula is C33H28BrClN2O6S. The van der Waals surface area contributed by atoms with Gasteiger partial charge in [-0.3, -0.25) is 14.5 Å². The number of hydrogen-bond donors (Lipinski definition) is 1. The summed E-state index contributed by atoms with van der Waals surface area (Å²) in [5.74, 6) is 0.245. The normalized spacial score (nSPS) is 17.7. The van der Waals surface area contributed by atoms with Crippen LogP contribution >= 0.6 is 39.3 Å². The molecule has 0 aliphatic carbocycles. The highest BCUT2D eigenvalue weighted by molar-refractivity contribution is 9.10. The Morgan fingerprint density at radius 3 is 2.57 bits per heavy atom. The molecule has 1 N–H and O–H groups in total. The second-order valence-electron chi connectivity index (χ2n) is 10.5. The Morgan fingerprint density at radius 1 is 1.05 bits per heavy atom. The molecule has 44 heavy (non-hydrogen) atoms. The van der Waals surface area contributed by atoms with E-state index in [1.165, 1.54) is 16.7 Å². The summed E-state index contributed by atoms with van der Waals surface area (Å²) in [5, 5.41) is 0.877. The molecule has 1 saturated heterocycles. The molecule has 8 nitrogen and oxygen atoms in total. The number of H-pyrrole nitrogens is 1.